The molecule has 6 heteroatoms. The van der Waals surface area contributed by atoms with E-state index in [0.717, 1.165) is 34.7 Å². The molecule has 146 valence electrons. The van der Waals surface area contributed by atoms with E-state index in [1.807, 2.05) is 35.9 Å². The van der Waals surface area contributed by atoms with Gasteiger partial charge < -0.3 is 10.4 Å². The summed E-state index contributed by atoms with van der Waals surface area (Å²) in [6.45, 7) is 9.26. The molecule has 27 heavy (non-hydrogen) atoms. The summed E-state index contributed by atoms with van der Waals surface area (Å²) in [4.78, 5) is 22.9. The number of nitrogens with one attached hydrogen (secondary N) is 1. The number of carboxylic acid groups (broad SMARTS) is 1. The zero-order chi connectivity index (χ0) is 20.0. The molecule has 1 aromatic heterocycles. The maximum absolute atomic E-state index is 12.3. The quantitative estimate of drug-likeness (QED) is 0.703. The monoisotopic (exact) mass is 371 g/mol. The number of carbonyl (C=O) groups is 2. The molecule has 1 amide bonds. The molecule has 0 saturated carbocycles. The van der Waals surface area contributed by atoms with Crippen LogP contribution in [0.4, 0.5) is 5.69 Å². The molecular weight excluding hydrogens is 342 g/mol. The first kappa shape index (κ1) is 20.7. The first-order valence-corrected chi connectivity index (χ1v) is 9.39. The average Bonchev–Trinajstić information content (AvgIpc) is 2.85. The number of amides is 1. The van der Waals surface area contributed by atoms with Gasteiger partial charge in [-0.3, -0.25) is 14.3 Å². The Kier molecular flexibility index (Phi) is 7.16. The number of anilines is 1. The number of nitrogens with zero attached hydrogens (tertiary/aromatic N) is 2. The molecule has 0 aliphatic rings. The van der Waals surface area contributed by atoms with Gasteiger partial charge in [0.1, 0.15) is 0 Å². The van der Waals surface area contributed by atoms with Crippen molar-refractivity contribution in [2.45, 2.75) is 59.9 Å². The number of rotatable bonds is 9. The SMILES string of the molecule is Cc1nn(CC(C)C)c(C)c1CCC(=O)Nc1ccc(CCC(=O)O)cc1. The first-order valence-electron chi connectivity index (χ1n) is 9.39. The number of aromatic nitrogens is 2. The molecule has 6 nitrogen and oxygen atoms in total. The van der Waals surface area contributed by atoms with Gasteiger partial charge in [-0.05, 0) is 55.9 Å². The predicted octanol–water partition coefficient (Wildman–Crippen LogP) is 3.74. The molecular formula is C21H29N3O3. The Hall–Kier alpha value is -2.63. The van der Waals surface area contributed by atoms with Gasteiger partial charge in [0.15, 0.2) is 0 Å². The summed E-state index contributed by atoms with van der Waals surface area (Å²) in [5.74, 6) is -0.323. The fourth-order valence-electron chi connectivity index (χ4n) is 3.09. The Labute approximate surface area is 160 Å². The van der Waals surface area contributed by atoms with Crippen LogP contribution in [0.3, 0.4) is 0 Å². The molecule has 2 rings (SSSR count). The van der Waals surface area contributed by atoms with E-state index in [-0.39, 0.29) is 12.3 Å². The van der Waals surface area contributed by atoms with Crippen LogP contribution in [0.25, 0.3) is 0 Å². The van der Waals surface area contributed by atoms with Crippen LogP contribution in [-0.2, 0) is 29.0 Å². The van der Waals surface area contributed by atoms with E-state index in [0.29, 0.717) is 25.2 Å². The van der Waals surface area contributed by atoms with Gasteiger partial charge in [-0.1, -0.05) is 26.0 Å². The van der Waals surface area contributed by atoms with Crippen molar-refractivity contribution in [3.05, 3.63) is 46.8 Å². The molecule has 0 aliphatic heterocycles. The van der Waals surface area contributed by atoms with Crippen molar-refractivity contribution in [3.8, 4) is 0 Å². The molecule has 0 aliphatic carbocycles. The van der Waals surface area contributed by atoms with Crippen molar-refractivity contribution in [1.29, 1.82) is 0 Å². The molecule has 0 fully saturated rings. The fourth-order valence-corrected chi connectivity index (χ4v) is 3.09. The van der Waals surface area contributed by atoms with E-state index in [1.165, 1.54) is 0 Å². The summed E-state index contributed by atoms with van der Waals surface area (Å²) >= 11 is 0. The third-order valence-corrected chi connectivity index (χ3v) is 4.54. The van der Waals surface area contributed by atoms with Gasteiger partial charge in [-0.25, -0.2) is 0 Å². The minimum atomic E-state index is -0.810. The number of carbonyl (C=O) groups excluding carboxylic acids is 1. The first-order chi connectivity index (χ1) is 12.8. The Morgan fingerprint density at radius 1 is 1.11 bits per heavy atom. The van der Waals surface area contributed by atoms with Crippen molar-refractivity contribution in [3.63, 3.8) is 0 Å². The summed E-state index contributed by atoms with van der Waals surface area (Å²) in [5, 5.41) is 16.2. The number of hydrogen-bond donors (Lipinski definition) is 2. The molecule has 2 aromatic rings. The zero-order valence-electron chi connectivity index (χ0n) is 16.6. The lowest BCUT2D eigenvalue weighted by Crippen LogP contribution is -2.13. The van der Waals surface area contributed by atoms with Gasteiger partial charge >= 0.3 is 5.97 Å². The number of aryl methyl sites for hydroxylation is 2. The Morgan fingerprint density at radius 3 is 2.37 bits per heavy atom. The van der Waals surface area contributed by atoms with Gasteiger partial charge in [-0.2, -0.15) is 5.10 Å². The maximum Gasteiger partial charge on any atom is 0.303 e. The number of aliphatic carboxylic acids is 1. The van der Waals surface area contributed by atoms with Gasteiger partial charge in [0.05, 0.1) is 5.69 Å². The van der Waals surface area contributed by atoms with Crippen LogP contribution >= 0.6 is 0 Å². The van der Waals surface area contributed by atoms with E-state index in [4.69, 9.17) is 5.11 Å². The van der Waals surface area contributed by atoms with Gasteiger partial charge in [0.25, 0.3) is 0 Å². The summed E-state index contributed by atoms with van der Waals surface area (Å²) in [6.07, 6.45) is 1.66. The van der Waals surface area contributed by atoms with E-state index in [9.17, 15) is 9.59 Å². The highest BCUT2D eigenvalue weighted by molar-refractivity contribution is 5.90. The van der Waals surface area contributed by atoms with E-state index in [2.05, 4.69) is 31.2 Å². The molecule has 2 N–H and O–H groups in total. The normalized spacial score (nSPS) is 11.0. The van der Waals surface area contributed by atoms with Crippen molar-refractivity contribution in [2.75, 3.05) is 5.32 Å². The van der Waals surface area contributed by atoms with E-state index < -0.39 is 5.97 Å². The molecule has 1 aromatic carbocycles. The Bertz CT molecular complexity index is 792. The lowest BCUT2D eigenvalue weighted by molar-refractivity contribution is -0.137. The van der Waals surface area contributed by atoms with Crippen molar-refractivity contribution >= 4 is 17.6 Å². The van der Waals surface area contributed by atoms with Crippen LogP contribution in [0, 0.1) is 19.8 Å². The van der Waals surface area contributed by atoms with Crippen molar-refractivity contribution in [2.24, 2.45) is 5.92 Å². The molecule has 0 spiro atoms. The smallest absolute Gasteiger partial charge is 0.303 e. The third-order valence-electron chi connectivity index (χ3n) is 4.54. The van der Waals surface area contributed by atoms with E-state index in [1.54, 1.807) is 0 Å². The minimum Gasteiger partial charge on any atom is -0.481 e. The van der Waals surface area contributed by atoms with Crippen molar-refractivity contribution in [1.82, 2.24) is 9.78 Å². The second-order valence-electron chi connectivity index (χ2n) is 7.36. The lowest BCUT2D eigenvalue weighted by atomic mass is 10.1. The standard InChI is InChI=1S/C21H29N3O3/c1-14(2)13-24-16(4)19(15(3)23-24)10-11-20(25)22-18-8-5-17(6-9-18)7-12-21(26)27/h5-6,8-9,14H,7,10-13H2,1-4H3,(H,22,25)(H,26,27). The Balaban J connectivity index is 1.89. The topological polar surface area (TPSA) is 84.2 Å². The minimum absolute atomic E-state index is 0.0382. The van der Waals surface area contributed by atoms with Gasteiger partial charge in [-0.15, -0.1) is 0 Å². The lowest BCUT2D eigenvalue weighted by Gasteiger charge is -2.09. The predicted molar refractivity (Wildman–Crippen MR) is 106 cm³/mol. The Morgan fingerprint density at radius 2 is 1.78 bits per heavy atom. The molecule has 0 radical (unpaired) electrons. The second kappa shape index (κ2) is 9.35. The van der Waals surface area contributed by atoms with Crippen LogP contribution < -0.4 is 5.32 Å². The zero-order valence-corrected chi connectivity index (χ0v) is 16.6. The van der Waals surface area contributed by atoms with E-state index >= 15 is 0 Å². The molecule has 0 unspecified atom stereocenters. The van der Waals surface area contributed by atoms with Crippen LogP contribution in [0.5, 0.6) is 0 Å². The van der Waals surface area contributed by atoms with Gasteiger partial charge in [0, 0.05) is 30.8 Å². The molecule has 0 saturated heterocycles. The highest BCUT2D eigenvalue weighted by Crippen LogP contribution is 2.17. The number of hydrogen-bond acceptors (Lipinski definition) is 3. The van der Waals surface area contributed by atoms with Crippen LogP contribution in [-0.4, -0.2) is 26.8 Å². The summed E-state index contributed by atoms with van der Waals surface area (Å²) < 4.78 is 2.03. The van der Waals surface area contributed by atoms with Crippen LogP contribution in [0.2, 0.25) is 0 Å². The molecule has 1 heterocycles. The fraction of sp³-hybridized carbons (Fsp3) is 0.476. The largest absolute Gasteiger partial charge is 0.481 e. The maximum atomic E-state index is 12.3. The average molecular weight is 371 g/mol. The third kappa shape index (κ3) is 6.24. The van der Waals surface area contributed by atoms with Gasteiger partial charge in [0.2, 0.25) is 5.91 Å². The molecule has 0 bridgehead atoms. The highest BCUT2D eigenvalue weighted by Gasteiger charge is 2.14. The summed E-state index contributed by atoms with van der Waals surface area (Å²) in [7, 11) is 0. The molecule has 0 atom stereocenters. The highest BCUT2D eigenvalue weighted by atomic mass is 16.4. The van der Waals surface area contributed by atoms with Crippen LogP contribution in [0.15, 0.2) is 24.3 Å². The summed E-state index contributed by atoms with van der Waals surface area (Å²) in [6, 6.07) is 7.32. The number of benzene rings is 1. The van der Waals surface area contributed by atoms with Crippen LogP contribution in [0.1, 0.15) is 49.2 Å². The van der Waals surface area contributed by atoms with Crippen molar-refractivity contribution < 1.29 is 14.7 Å². The second-order valence-corrected chi connectivity index (χ2v) is 7.36. The summed E-state index contributed by atoms with van der Waals surface area (Å²) in [5.41, 5.74) is 4.94. The number of carboxylic acids is 1.